The van der Waals surface area contributed by atoms with Gasteiger partial charge < -0.3 is 4.57 Å². The monoisotopic (exact) mass is 788 g/mol. The molecule has 11 aromatic rings. The number of hydrogen-bond acceptors (Lipinski definition) is 4. The average Bonchev–Trinajstić information content (AvgIpc) is 3.88. The molecule has 60 heavy (non-hydrogen) atoms. The Morgan fingerprint density at radius 3 is 1.87 bits per heavy atom. The minimum Gasteiger partial charge on any atom is -0.309 e. The summed E-state index contributed by atoms with van der Waals surface area (Å²) in [4.78, 5) is 15.5. The number of unbranched alkanes of at least 4 members (excludes halogenated alkanes) is 1. The minimum absolute atomic E-state index is 0.630. The highest BCUT2D eigenvalue weighted by Gasteiger charge is 2.20. The summed E-state index contributed by atoms with van der Waals surface area (Å²) in [6.45, 7) is 2.25. The molecule has 0 bridgehead atoms. The van der Waals surface area contributed by atoms with E-state index in [2.05, 4.69) is 181 Å². The molecule has 11 rings (SSSR count). The summed E-state index contributed by atoms with van der Waals surface area (Å²) in [5.74, 6) is 1.92. The summed E-state index contributed by atoms with van der Waals surface area (Å²) in [5, 5.41) is 5.03. The second kappa shape index (κ2) is 15.2. The quantitative estimate of drug-likeness (QED) is 0.146. The smallest absolute Gasteiger partial charge is 0.164 e. The Kier molecular flexibility index (Phi) is 9.09. The van der Waals surface area contributed by atoms with Gasteiger partial charge in [0.25, 0.3) is 0 Å². The van der Waals surface area contributed by atoms with Crippen molar-refractivity contribution in [3.63, 3.8) is 0 Å². The van der Waals surface area contributed by atoms with Crippen molar-refractivity contribution >= 4 is 53.3 Å². The maximum atomic E-state index is 5.24. The molecule has 0 fully saturated rings. The van der Waals surface area contributed by atoms with Gasteiger partial charge in [-0.2, -0.15) is 0 Å². The highest BCUT2D eigenvalue weighted by Crippen LogP contribution is 2.44. The van der Waals surface area contributed by atoms with Crippen molar-refractivity contribution in [1.82, 2.24) is 19.5 Å². The van der Waals surface area contributed by atoms with Crippen molar-refractivity contribution in [2.75, 3.05) is 0 Å². The summed E-state index contributed by atoms with van der Waals surface area (Å²) in [7, 11) is 0. The number of aromatic nitrogens is 4. The molecule has 3 aromatic heterocycles. The third-order valence-corrected chi connectivity index (χ3v) is 12.9. The molecule has 0 atom stereocenters. The fourth-order valence-corrected chi connectivity index (χ4v) is 10.0. The molecular formula is C55H40N4S. The highest BCUT2D eigenvalue weighted by atomic mass is 32.1. The van der Waals surface area contributed by atoms with Gasteiger partial charge in [0, 0.05) is 64.4 Å². The Bertz CT molecular complexity index is 3380. The van der Waals surface area contributed by atoms with E-state index >= 15 is 0 Å². The lowest BCUT2D eigenvalue weighted by molar-refractivity contribution is 0.796. The van der Waals surface area contributed by atoms with E-state index in [1.54, 1.807) is 0 Å². The lowest BCUT2D eigenvalue weighted by Gasteiger charge is -2.14. The number of fused-ring (bicyclic) bond motifs is 6. The molecule has 8 aromatic carbocycles. The number of benzene rings is 8. The summed E-state index contributed by atoms with van der Waals surface area (Å²) in [6.07, 6.45) is 3.37. The molecule has 4 nitrogen and oxygen atoms in total. The van der Waals surface area contributed by atoms with Crippen LogP contribution in [0.25, 0.3) is 104 Å². The standard InChI is InChI=1S/C55H40N4S/c1-2-3-17-36-18-7-8-25-42(36)38-21-13-22-39(34-38)54-56-53(37-19-5-4-6-20-37)57-55(58-54)40-23-14-24-41(35-40)59-49-32-11-9-26-43(49)45-28-15-29-46(51(45)59)48-31-16-30-47-44-27-10-12-33-50(44)60-52(47)48/h4-16,18-35H,2-3,17H2,1H3. The fourth-order valence-electron chi connectivity index (χ4n) is 8.81. The predicted molar refractivity (Wildman–Crippen MR) is 253 cm³/mol. The zero-order valence-electron chi connectivity index (χ0n) is 33.2. The van der Waals surface area contributed by atoms with Crippen LogP contribution < -0.4 is 0 Å². The van der Waals surface area contributed by atoms with Gasteiger partial charge in [-0.25, -0.2) is 15.0 Å². The van der Waals surface area contributed by atoms with Crippen LogP contribution in [-0.2, 0) is 6.42 Å². The zero-order valence-corrected chi connectivity index (χ0v) is 34.0. The SMILES string of the molecule is CCCCc1ccccc1-c1cccc(-c2nc(-c3ccccc3)nc(-c3cccc(-n4c5ccccc5c5cccc(-c6cccc7c6sc6ccccc67)c54)c3)n2)c1. The first-order chi connectivity index (χ1) is 29.7. The van der Waals surface area contributed by atoms with Crippen molar-refractivity contribution in [2.45, 2.75) is 26.2 Å². The first-order valence-corrected chi connectivity index (χ1v) is 21.6. The van der Waals surface area contributed by atoms with Gasteiger partial charge in [-0.05, 0) is 59.9 Å². The Balaban J connectivity index is 1.09. The van der Waals surface area contributed by atoms with Gasteiger partial charge in [0.2, 0.25) is 0 Å². The molecule has 0 amide bonds. The van der Waals surface area contributed by atoms with Crippen LogP contribution in [0.15, 0.2) is 188 Å². The second-order valence-corrected chi connectivity index (χ2v) is 16.5. The molecule has 0 saturated heterocycles. The topological polar surface area (TPSA) is 43.6 Å². The van der Waals surface area contributed by atoms with E-state index in [-0.39, 0.29) is 0 Å². The normalized spacial score (nSPS) is 11.6. The van der Waals surface area contributed by atoms with Crippen LogP contribution in [0.4, 0.5) is 0 Å². The van der Waals surface area contributed by atoms with Gasteiger partial charge >= 0.3 is 0 Å². The molecule has 0 aliphatic heterocycles. The lowest BCUT2D eigenvalue weighted by Crippen LogP contribution is -2.01. The van der Waals surface area contributed by atoms with Crippen LogP contribution in [0.3, 0.4) is 0 Å². The van der Waals surface area contributed by atoms with Gasteiger partial charge in [-0.1, -0.05) is 171 Å². The molecular weight excluding hydrogens is 749 g/mol. The molecule has 3 heterocycles. The predicted octanol–water partition coefficient (Wildman–Crippen LogP) is 15.0. The van der Waals surface area contributed by atoms with Crippen LogP contribution in [0.1, 0.15) is 25.3 Å². The first-order valence-electron chi connectivity index (χ1n) is 20.8. The van der Waals surface area contributed by atoms with Crippen LogP contribution in [0.5, 0.6) is 0 Å². The van der Waals surface area contributed by atoms with E-state index in [1.807, 2.05) is 29.5 Å². The van der Waals surface area contributed by atoms with Crippen LogP contribution in [0, 0.1) is 0 Å². The number of hydrogen-bond donors (Lipinski definition) is 0. The van der Waals surface area contributed by atoms with E-state index in [1.165, 1.54) is 58.7 Å². The van der Waals surface area contributed by atoms with Gasteiger partial charge in [0.1, 0.15) is 0 Å². The summed E-state index contributed by atoms with van der Waals surface area (Å²) in [5.41, 5.74) is 12.4. The van der Waals surface area contributed by atoms with Crippen molar-refractivity contribution in [1.29, 1.82) is 0 Å². The molecule has 5 heteroatoms. The Hall–Kier alpha value is -7.21. The van der Waals surface area contributed by atoms with Crippen molar-refractivity contribution in [2.24, 2.45) is 0 Å². The molecule has 0 spiro atoms. The third-order valence-electron chi connectivity index (χ3n) is 11.7. The van der Waals surface area contributed by atoms with E-state index in [4.69, 9.17) is 15.0 Å². The van der Waals surface area contributed by atoms with Crippen LogP contribution in [0.2, 0.25) is 0 Å². The maximum Gasteiger partial charge on any atom is 0.164 e. The summed E-state index contributed by atoms with van der Waals surface area (Å²) in [6, 6.07) is 67.2. The molecule has 0 aliphatic rings. The molecule has 286 valence electrons. The molecule has 0 unspecified atom stereocenters. The van der Waals surface area contributed by atoms with Gasteiger partial charge in [-0.15, -0.1) is 11.3 Å². The van der Waals surface area contributed by atoms with Crippen molar-refractivity contribution in [3.8, 4) is 62.1 Å². The van der Waals surface area contributed by atoms with Gasteiger partial charge in [-0.3, -0.25) is 0 Å². The van der Waals surface area contributed by atoms with Crippen molar-refractivity contribution in [3.05, 3.63) is 194 Å². The molecule has 0 N–H and O–H groups in total. The molecule has 0 radical (unpaired) electrons. The Morgan fingerprint density at radius 1 is 0.450 bits per heavy atom. The first kappa shape index (κ1) is 35.9. The van der Waals surface area contributed by atoms with E-state index in [0.29, 0.717) is 17.5 Å². The summed E-state index contributed by atoms with van der Waals surface area (Å²) >= 11 is 1.87. The highest BCUT2D eigenvalue weighted by molar-refractivity contribution is 7.26. The average molecular weight is 789 g/mol. The fraction of sp³-hybridized carbons (Fsp3) is 0.0727. The minimum atomic E-state index is 0.630. The van der Waals surface area contributed by atoms with E-state index in [0.717, 1.165) is 52.7 Å². The third kappa shape index (κ3) is 6.26. The number of thiophene rings is 1. The van der Waals surface area contributed by atoms with Crippen molar-refractivity contribution < 1.29 is 0 Å². The number of nitrogens with zero attached hydrogens (tertiary/aromatic N) is 4. The number of rotatable bonds is 9. The molecule has 0 aliphatic carbocycles. The maximum absolute atomic E-state index is 5.24. The summed E-state index contributed by atoms with van der Waals surface area (Å²) < 4.78 is 5.03. The van der Waals surface area contributed by atoms with Crippen LogP contribution >= 0.6 is 11.3 Å². The number of aryl methyl sites for hydroxylation is 1. The Morgan fingerprint density at radius 2 is 1.03 bits per heavy atom. The van der Waals surface area contributed by atoms with Gasteiger partial charge in [0.05, 0.1) is 11.0 Å². The van der Waals surface area contributed by atoms with E-state index < -0.39 is 0 Å². The van der Waals surface area contributed by atoms with Gasteiger partial charge in [0.15, 0.2) is 17.5 Å². The second-order valence-electron chi connectivity index (χ2n) is 15.4. The number of para-hydroxylation sites is 2. The zero-order chi connectivity index (χ0) is 40.0. The molecule has 0 saturated carbocycles. The lowest BCUT2D eigenvalue weighted by atomic mass is 9.95. The van der Waals surface area contributed by atoms with Crippen LogP contribution in [-0.4, -0.2) is 19.5 Å². The Labute approximate surface area is 353 Å². The van der Waals surface area contributed by atoms with E-state index in [9.17, 15) is 0 Å². The largest absolute Gasteiger partial charge is 0.309 e.